The fourth-order valence-corrected chi connectivity index (χ4v) is 5.19. The Morgan fingerprint density at radius 3 is 2.79 bits per heavy atom. The number of benzene rings is 1. The van der Waals surface area contributed by atoms with Crippen LogP contribution >= 0.6 is 0 Å². The van der Waals surface area contributed by atoms with Crippen LogP contribution in [0.4, 0.5) is 0 Å². The maximum absolute atomic E-state index is 10.8. The summed E-state index contributed by atoms with van der Waals surface area (Å²) in [5.74, 6) is 0.773. The van der Waals surface area contributed by atoms with Crippen LogP contribution in [-0.2, 0) is 6.42 Å². The van der Waals surface area contributed by atoms with Crippen LogP contribution in [0.2, 0.25) is 0 Å². The zero-order valence-corrected chi connectivity index (χ0v) is 15.0. The van der Waals surface area contributed by atoms with Crippen LogP contribution in [0.15, 0.2) is 24.3 Å². The Kier molecular flexibility index (Phi) is 4.93. The minimum Gasteiger partial charge on any atom is -0.387 e. The highest BCUT2D eigenvalue weighted by molar-refractivity contribution is 5.36. The second-order valence-electron chi connectivity index (χ2n) is 8.26. The molecule has 4 unspecified atom stereocenters. The maximum atomic E-state index is 10.8. The third-order valence-corrected chi connectivity index (χ3v) is 6.62. The zero-order chi connectivity index (χ0) is 16.5. The van der Waals surface area contributed by atoms with Crippen LogP contribution in [0, 0.1) is 5.92 Å². The number of aliphatic hydroxyl groups excluding tert-OH is 1. The summed E-state index contributed by atoms with van der Waals surface area (Å²) in [5, 5.41) is 10.8. The average molecular weight is 329 g/mol. The molecule has 4 atom stereocenters. The molecule has 1 N–H and O–H groups in total. The molecule has 24 heavy (non-hydrogen) atoms. The standard InChI is InChI=1S/C21H32N2O/c1-16-7-4-5-11-22(16)14-17-8-6-12-23(15-17)20-13-18-9-2-3-10-19(18)21(20)24/h2-3,9-10,16-17,20-21,24H,4-8,11-15H2,1H3. The quantitative estimate of drug-likeness (QED) is 0.923. The SMILES string of the molecule is CC1CCCCN1CC1CCCN(C2Cc3ccccc3C2O)C1. The summed E-state index contributed by atoms with van der Waals surface area (Å²) in [6.45, 7) is 7.26. The van der Waals surface area contributed by atoms with Crippen molar-refractivity contribution in [1.29, 1.82) is 0 Å². The van der Waals surface area contributed by atoms with E-state index in [0.29, 0.717) is 6.04 Å². The van der Waals surface area contributed by atoms with Gasteiger partial charge in [-0.1, -0.05) is 30.7 Å². The second-order valence-corrected chi connectivity index (χ2v) is 8.26. The Balaban J connectivity index is 1.39. The first-order chi connectivity index (χ1) is 11.7. The molecule has 0 aromatic heterocycles. The molecule has 0 spiro atoms. The molecule has 1 aliphatic carbocycles. The number of nitrogens with zero attached hydrogens (tertiary/aromatic N) is 2. The number of piperidine rings is 2. The number of hydrogen-bond acceptors (Lipinski definition) is 3. The van der Waals surface area contributed by atoms with Gasteiger partial charge in [0.05, 0.1) is 6.10 Å². The van der Waals surface area contributed by atoms with Crippen molar-refractivity contribution in [1.82, 2.24) is 9.80 Å². The molecule has 2 aliphatic heterocycles. The molecular weight excluding hydrogens is 296 g/mol. The molecule has 0 radical (unpaired) electrons. The molecule has 0 bridgehead atoms. The van der Waals surface area contributed by atoms with Gasteiger partial charge in [-0.2, -0.15) is 0 Å². The second kappa shape index (κ2) is 7.15. The van der Waals surface area contributed by atoms with Crippen molar-refractivity contribution in [3.63, 3.8) is 0 Å². The fourth-order valence-electron chi connectivity index (χ4n) is 5.19. The highest BCUT2D eigenvalue weighted by atomic mass is 16.3. The van der Waals surface area contributed by atoms with Crippen LogP contribution in [0.3, 0.4) is 0 Å². The van der Waals surface area contributed by atoms with Gasteiger partial charge in [0.1, 0.15) is 0 Å². The van der Waals surface area contributed by atoms with Gasteiger partial charge in [-0.05, 0) is 69.2 Å². The van der Waals surface area contributed by atoms with Gasteiger partial charge in [0.15, 0.2) is 0 Å². The van der Waals surface area contributed by atoms with Gasteiger partial charge in [-0.3, -0.25) is 4.90 Å². The molecule has 4 rings (SSSR count). The van der Waals surface area contributed by atoms with Gasteiger partial charge >= 0.3 is 0 Å². The normalized spacial score (nSPS) is 35.1. The summed E-state index contributed by atoms with van der Waals surface area (Å²) in [7, 11) is 0. The lowest BCUT2D eigenvalue weighted by atomic mass is 9.93. The maximum Gasteiger partial charge on any atom is 0.0951 e. The first-order valence-electron chi connectivity index (χ1n) is 9.96. The van der Waals surface area contributed by atoms with Crippen LogP contribution in [0.5, 0.6) is 0 Å². The van der Waals surface area contributed by atoms with Gasteiger partial charge in [-0.15, -0.1) is 0 Å². The van der Waals surface area contributed by atoms with Gasteiger partial charge in [0, 0.05) is 25.2 Å². The fraction of sp³-hybridized carbons (Fsp3) is 0.714. The number of fused-ring (bicyclic) bond motifs is 1. The molecule has 132 valence electrons. The van der Waals surface area contributed by atoms with E-state index in [4.69, 9.17) is 0 Å². The van der Waals surface area contributed by atoms with E-state index in [1.165, 1.54) is 57.3 Å². The van der Waals surface area contributed by atoms with Crippen LogP contribution < -0.4 is 0 Å². The summed E-state index contributed by atoms with van der Waals surface area (Å²) >= 11 is 0. The van der Waals surface area contributed by atoms with E-state index < -0.39 is 0 Å². The molecule has 1 aromatic carbocycles. The Bertz CT molecular complexity index is 561. The number of hydrogen-bond donors (Lipinski definition) is 1. The van der Waals surface area contributed by atoms with Crippen LogP contribution in [-0.4, -0.2) is 53.2 Å². The van der Waals surface area contributed by atoms with Crippen molar-refractivity contribution >= 4 is 0 Å². The topological polar surface area (TPSA) is 26.7 Å². The lowest BCUT2D eigenvalue weighted by molar-refractivity contribution is 0.0222. The van der Waals surface area contributed by atoms with Gasteiger partial charge in [-0.25, -0.2) is 0 Å². The van der Waals surface area contributed by atoms with Gasteiger partial charge in [0.2, 0.25) is 0 Å². The summed E-state index contributed by atoms with van der Waals surface area (Å²) < 4.78 is 0. The average Bonchev–Trinajstić information content (AvgIpc) is 2.95. The molecule has 0 saturated carbocycles. The Labute approximate surface area is 146 Å². The Morgan fingerprint density at radius 2 is 1.96 bits per heavy atom. The minimum absolute atomic E-state index is 0.295. The molecule has 2 heterocycles. The molecule has 0 amide bonds. The zero-order valence-electron chi connectivity index (χ0n) is 15.0. The lowest BCUT2D eigenvalue weighted by Gasteiger charge is -2.42. The van der Waals surface area contributed by atoms with Crippen molar-refractivity contribution in [2.75, 3.05) is 26.2 Å². The lowest BCUT2D eigenvalue weighted by Crippen LogP contribution is -2.49. The molecule has 3 nitrogen and oxygen atoms in total. The number of rotatable bonds is 3. The predicted molar refractivity (Wildman–Crippen MR) is 98.1 cm³/mol. The highest BCUT2D eigenvalue weighted by Gasteiger charge is 2.37. The third-order valence-electron chi connectivity index (χ3n) is 6.62. The van der Waals surface area contributed by atoms with Crippen LogP contribution in [0.1, 0.15) is 56.3 Å². The number of aliphatic hydroxyl groups is 1. The molecule has 3 aliphatic rings. The summed E-state index contributed by atoms with van der Waals surface area (Å²) in [6.07, 6.45) is 7.51. The Hall–Kier alpha value is -0.900. The molecule has 3 heteroatoms. The summed E-state index contributed by atoms with van der Waals surface area (Å²) in [6, 6.07) is 9.51. The van der Waals surface area contributed by atoms with E-state index in [1.54, 1.807) is 0 Å². The van der Waals surface area contributed by atoms with Crippen LogP contribution in [0.25, 0.3) is 0 Å². The third kappa shape index (κ3) is 3.26. The molecular formula is C21H32N2O. The monoisotopic (exact) mass is 328 g/mol. The van der Waals surface area contributed by atoms with E-state index in [0.717, 1.165) is 30.5 Å². The van der Waals surface area contributed by atoms with Gasteiger partial charge in [0.25, 0.3) is 0 Å². The van der Waals surface area contributed by atoms with Crippen molar-refractivity contribution in [2.45, 2.75) is 63.6 Å². The Morgan fingerprint density at radius 1 is 1.08 bits per heavy atom. The first-order valence-corrected chi connectivity index (χ1v) is 9.96. The van der Waals surface area contributed by atoms with Crippen molar-refractivity contribution in [3.8, 4) is 0 Å². The van der Waals surface area contributed by atoms with E-state index in [-0.39, 0.29) is 6.10 Å². The van der Waals surface area contributed by atoms with E-state index in [9.17, 15) is 5.11 Å². The largest absolute Gasteiger partial charge is 0.387 e. The van der Waals surface area contributed by atoms with Crippen molar-refractivity contribution < 1.29 is 5.11 Å². The van der Waals surface area contributed by atoms with E-state index in [1.807, 2.05) is 0 Å². The number of likely N-dealkylation sites (tertiary alicyclic amines) is 2. The predicted octanol–water partition coefficient (Wildman–Crippen LogP) is 3.23. The summed E-state index contributed by atoms with van der Waals surface area (Å²) in [5.41, 5.74) is 2.51. The van der Waals surface area contributed by atoms with Gasteiger partial charge < -0.3 is 10.0 Å². The summed E-state index contributed by atoms with van der Waals surface area (Å²) in [4.78, 5) is 5.31. The van der Waals surface area contributed by atoms with Crippen molar-refractivity contribution in [2.24, 2.45) is 5.92 Å². The molecule has 1 aromatic rings. The first kappa shape index (κ1) is 16.6. The molecule has 2 saturated heterocycles. The minimum atomic E-state index is -0.297. The smallest absolute Gasteiger partial charge is 0.0951 e. The van der Waals surface area contributed by atoms with Crippen molar-refractivity contribution in [3.05, 3.63) is 35.4 Å². The van der Waals surface area contributed by atoms with E-state index >= 15 is 0 Å². The highest BCUT2D eigenvalue weighted by Crippen LogP contribution is 2.36. The molecule has 2 fully saturated rings. The van der Waals surface area contributed by atoms with E-state index in [2.05, 4.69) is 41.0 Å².